The number of halogens is 2. The van der Waals surface area contributed by atoms with Crippen molar-refractivity contribution in [1.29, 1.82) is 0 Å². The van der Waals surface area contributed by atoms with Crippen molar-refractivity contribution in [2.24, 2.45) is 11.7 Å². The van der Waals surface area contributed by atoms with Crippen LogP contribution in [-0.4, -0.2) is 24.5 Å². The van der Waals surface area contributed by atoms with Crippen LogP contribution in [0.25, 0.3) is 0 Å². The van der Waals surface area contributed by atoms with Gasteiger partial charge >= 0.3 is 0 Å². The number of nitrogens with two attached hydrogens (primary N) is 1. The SMILES string of the molecule is CC1CCCCC1N(C)C(CN)c1ccc(Cl)cc1Cl. The molecule has 2 N–H and O–H groups in total. The Morgan fingerprint density at radius 3 is 2.60 bits per heavy atom. The average molecular weight is 315 g/mol. The van der Waals surface area contributed by atoms with E-state index in [2.05, 4.69) is 18.9 Å². The monoisotopic (exact) mass is 314 g/mol. The Kier molecular flexibility index (Phi) is 5.74. The molecule has 2 nitrogen and oxygen atoms in total. The van der Waals surface area contributed by atoms with Gasteiger partial charge < -0.3 is 5.73 Å². The third kappa shape index (κ3) is 3.48. The van der Waals surface area contributed by atoms with Gasteiger partial charge in [0.15, 0.2) is 0 Å². The lowest BCUT2D eigenvalue weighted by Crippen LogP contribution is -2.43. The van der Waals surface area contributed by atoms with Crippen molar-refractivity contribution in [3.05, 3.63) is 33.8 Å². The predicted octanol–water partition coefficient (Wildman–Crippen LogP) is 4.50. The van der Waals surface area contributed by atoms with Crippen molar-refractivity contribution >= 4 is 23.2 Å². The summed E-state index contributed by atoms with van der Waals surface area (Å²) in [5, 5.41) is 1.38. The van der Waals surface area contributed by atoms with E-state index in [1.165, 1.54) is 25.7 Å². The summed E-state index contributed by atoms with van der Waals surface area (Å²) in [6.07, 6.45) is 5.21. The second-order valence-corrected chi connectivity index (χ2v) is 6.76. The number of hydrogen-bond acceptors (Lipinski definition) is 2. The molecular formula is C16H24Cl2N2. The minimum absolute atomic E-state index is 0.158. The molecule has 0 aromatic heterocycles. The lowest BCUT2D eigenvalue weighted by atomic mass is 9.84. The zero-order valence-corrected chi connectivity index (χ0v) is 13.8. The summed E-state index contributed by atoms with van der Waals surface area (Å²) >= 11 is 12.3. The standard InChI is InChI=1S/C16H24Cl2N2/c1-11-5-3-4-6-15(11)20(2)16(10-19)13-8-7-12(17)9-14(13)18/h7-9,11,15-16H,3-6,10,19H2,1-2H3. The molecule has 3 unspecified atom stereocenters. The maximum Gasteiger partial charge on any atom is 0.0485 e. The second-order valence-electron chi connectivity index (χ2n) is 5.91. The molecule has 0 spiro atoms. The molecule has 0 heterocycles. The van der Waals surface area contributed by atoms with Crippen LogP contribution in [0, 0.1) is 5.92 Å². The third-order valence-electron chi connectivity index (χ3n) is 4.63. The van der Waals surface area contributed by atoms with Crippen LogP contribution in [0.1, 0.15) is 44.2 Å². The van der Waals surface area contributed by atoms with Gasteiger partial charge in [-0.2, -0.15) is 0 Å². The Morgan fingerprint density at radius 2 is 2.00 bits per heavy atom. The first-order valence-electron chi connectivity index (χ1n) is 7.41. The maximum absolute atomic E-state index is 6.36. The van der Waals surface area contributed by atoms with Crippen LogP contribution in [0.15, 0.2) is 18.2 Å². The number of benzene rings is 1. The largest absolute Gasteiger partial charge is 0.329 e. The molecule has 0 aliphatic heterocycles. The molecule has 1 aliphatic carbocycles. The van der Waals surface area contributed by atoms with Gasteiger partial charge in [-0.1, -0.05) is 49.0 Å². The maximum atomic E-state index is 6.36. The van der Waals surface area contributed by atoms with Gasteiger partial charge in [0.25, 0.3) is 0 Å². The van der Waals surface area contributed by atoms with Gasteiger partial charge in [-0.05, 0) is 43.5 Å². The molecule has 0 saturated heterocycles. The molecule has 0 bridgehead atoms. The number of nitrogens with zero attached hydrogens (tertiary/aromatic N) is 1. The molecule has 1 aromatic rings. The van der Waals surface area contributed by atoms with Gasteiger partial charge in [0.2, 0.25) is 0 Å². The summed E-state index contributed by atoms with van der Waals surface area (Å²) in [6, 6.07) is 6.45. The lowest BCUT2D eigenvalue weighted by molar-refractivity contribution is 0.0992. The normalized spacial score (nSPS) is 24.9. The van der Waals surface area contributed by atoms with Crippen molar-refractivity contribution < 1.29 is 0 Å². The van der Waals surface area contributed by atoms with Crippen LogP contribution in [0.2, 0.25) is 10.0 Å². The van der Waals surface area contributed by atoms with E-state index in [1.807, 2.05) is 12.1 Å². The minimum atomic E-state index is 0.158. The first kappa shape index (κ1) is 16.1. The van der Waals surface area contributed by atoms with Gasteiger partial charge in [0.05, 0.1) is 0 Å². The molecular weight excluding hydrogens is 291 g/mol. The topological polar surface area (TPSA) is 29.3 Å². The summed E-state index contributed by atoms with van der Waals surface area (Å²) < 4.78 is 0. The first-order valence-corrected chi connectivity index (χ1v) is 8.17. The Hall–Kier alpha value is -0.280. The molecule has 3 atom stereocenters. The third-order valence-corrected chi connectivity index (χ3v) is 5.19. The van der Waals surface area contributed by atoms with Crippen molar-refractivity contribution in [1.82, 2.24) is 4.90 Å². The van der Waals surface area contributed by atoms with Crippen LogP contribution in [0.3, 0.4) is 0 Å². The Bertz CT molecular complexity index is 450. The van der Waals surface area contributed by atoms with Crippen LogP contribution in [-0.2, 0) is 0 Å². The molecule has 112 valence electrons. The quantitative estimate of drug-likeness (QED) is 0.886. The van der Waals surface area contributed by atoms with Crippen LogP contribution >= 0.6 is 23.2 Å². The highest BCUT2D eigenvalue weighted by molar-refractivity contribution is 6.35. The van der Waals surface area contributed by atoms with E-state index in [9.17, 15) is 0 Å². The molecule has 0 amide bonds. The Morgan fingerprint density at radius 1 is 1.30 bits per heavy atom. The second kappa shape index (κ2) is 7.13. The van der Waals surface area contributed by atoms with E-state index in [4.69, 9.17) is 28.9 Å². The fourth-order valence-corrected chi connectivity index (χ4v) is 3.95. The van der Waals surface area contributed by atoms with Crippen LogP contribution < -0.4 is 5.73 Å². The summed E-state index contributed by atoms with van der Waals surface area (Å²) in [4.78, 5) is 2.42. The van der Waals surface area contributed by atoms with Gasteiger partial charge in [0.1, 0.15) is 0 Å². The average Bonchev–Trinajstić information content (AvgIpc) is 2.42. The van der Waals surface area contributed by atoms with E-state index in [0.717, 1.165) is 5.56 Å². The highest BCUT2D eigenvalue weighted by Gasteiger charge is 2.30. The molecule has 4 heteroatoms. The van der Waals surface area contributed by atoms with Gasteiger partial charge in [-0.15, -0.1) is 0 Å². The van der Waals surface area contributed by atoms with Crippen LogP contribution in [0.5, 0.6) is 0 Å². The van der Waals surface area contributed by atoms with E-state index >= 15 is 0 Å². The van der Waals surface area contributed by atoms with E-state index in [-0.39, 0.29) is 6.04 Å². The molecule has 2 rings (SSSR count). The number of rotatable bonds is 4. The lowest BCUT2D eigenvalue weighted by Gasteiger charge is -2.41. The predicted molar refractivity (Wildman–Crippen MR) is 87.4 cm³/mol. The van der Waals surface area contributed by atoms with E-state index in [1.54, 1.807) is 6.07 Å². The highest BCUT2D eigenvalue weighted by atomic mass is 35.5. The smallest absolute Gasteiger partial charge is 0.0485 e. The summed E-state index contributed by atoms with van der Waals surface area (Å²) in [5.41, 5.74) is 7.11. The van der Waals surface area contributed by atoms with E-state index in [0.29, 0.717) is 28.5 Å². The van der Waals surface area contributed by atoms with Crippen molar-refractivity contribution in [3.63, 3.8) is 0 Å². The summed E-state index contributed by atoms with van der Waals surface area (Å²) in [6.45, 7) is 2.92. The number of likely N-dealkylation sites (N-methyl/N-ethyl adjacent to an activating group) is 1. The molecule has 20 heavy (non-hydrogen) atoms. The molecule has 0 radical (unpaired) electrons. The molecule has 1 aromatic carbocycles. The zero-order chi connectivity index (χ0) is 14.7. The molecule has 1 saturated carbocycles. The van der Waals surface area contributed by atoms with Crippen molar-refractivity contribution in [3.8, 4) is 0 Å². The zero-order valence-electron chi connectivity index (χ0n) is 12.3. The van der Waals surface area contributed by atoms with Gasteiger partial charge in [0, 0.05) is 28.7 Å². The Labute approximate surface area is 132 Å². The van der Waals surface area contributed by atoms with Crippen molar-refractivity contribution in [2.75, 3.05) is 13.6 Å². The minimum Gasteiger partial charge on any atom is -0.329 e. The molecule has 1 aliphatic rings. The van der Waals surface area contributed by atoms with E-state index < -0.39 is 0 Å². The van der Waals surface area contributed by atoms with Crippen LogP contribution in [0.4, 0.5) is 0 Å². The van der Waals surface area contributed by atoms with Gasteiger partial charge in [-0.25, -0.2) is 0 Å². The summed E-state index contributed by atoms with van der Waals surface area (Å²) in [5.74, 6) is 0.717. The first-order chi connectivity index (χ1) is 9.54. The fourth-order valence-electron chi connectivity index (χ4n) is 3.42. The highest BCUT2D eigenvalue weighted by Crippen LogP contribution is 2.35. The van der Waals surface area contributed by atoms with Gasteiger partial charge in [-0.3, -0.25) is 4.90 Å². The van der Waals surface area contributed by atoms with Crippen molar-refractivity contribution in [2.45, 2.75) is 44.7 Å². The Balaban J connectivity index is 2.22. The fraction of sp³-hybridized carbons (Fsp3) is 0.625. The number of hydrogen-bond donors (Lipinski definition) is 1. The molecule has 1 fully saturated rings. The summed E-state index contributed by atoms with van der Waals surface area (Å²) in [7, 11) is 2.18.